The molecule has 180 valence electrons. The number of aromatic nitrogens is 1. The number of fused-ring (bicyclic) bond motifs is 1. The van der Waals surface area contributed by atoms with E-state index in [4.69, 9.17) is 4.42 Å². The topological polar surface area (TPSA) is 92.5 Å². The molecule has 33 heavy (non-hydrogen) atoms. The van der Waals surface area contributed by atoms with Gasteiger partial charge in [0.05, 0.1) is 10.9 Å². The number of aryl methyl sites for hydroxylation is 1. The first kappa shape index (κ1) is 26.5. The minimum absolute atomic E-state index is 0.240. The number of carbonyl (C=O) groups is 2. The molecule has 1 aliphatic carbocycles. The maximum absolute atomic E-state index is 12.8. The van der Waals surface area contributed by atoms with Crippen molar-refractivity contribution in [1.82, 2.24) is 10.3 Å². The summed E-state index contributed by atoms with van der Waals surface area (Å²) in [7, 11) is 0.272. The first-order valence-corrected chi connectivity index (χ1v) is 13.0. The van der Waals surface area contributed by atoms with Crippen molar-refractivity contribution >= 4 is 45.7 Å². The Balaban J connectivity index is 0.00000187. The molecule has 2 aromatic heterocycles. The summed E-state index contributed by atoms with van der Waals surface area (Å²) in [6, 6.07) is 1.86. The quantitative estimate of drug-likeness (QED) is 0.432. The van der Waals surface area contributed by atoms with E-state index in [9.17, 15) is 13.8 Å². The highest BCUT2D eigenvalue weighted by atomic mass is 32.2. The molecule has 7 nitrogen and oxygen atoms in total. The van der Waals surface area contributed by atoms with Crippen molar-refractivity contribution in [2.24, 2.45) is 5.92 Å². The van der Waals surface area contributed by atoms with Crippen LogP contribution in [0.2, 0.25) is 0 Å². The van der Waals surface area contributed by atoms with Gasteiger partial charge in [-0.2, -0.15) is 4.98 Å². The average molecular weight is 474 g/mol. The van der Waals surface area contributed by atoms with E-state index in [0.717, 1.165) is 30.3 Å². The first-order valence-electron chi connectivity index (χ1n) is 11.5. The van der Waals surface area contributed by atoms with E-state index < -0.39 is 11.0 Å². The lowest BCUT2D eigenvalue weighted by Crippen LogP contribution is -2.27. The van der Waals surface area contributed by atoms with Crippen LogP contribution in [0.25, 0.3) is 16.7 Å². The fourth-order valence-corrected chi connectivity index (χ4v) is 4.51. The molecule has 2 unspecified atom stereocenters. The number of aldehydes is 1. The van der Waals surface area contributed by atoms with E-state index in [-0.39, 0.29) is 5.91 Å². The largest absolute Gasteiger partial charge is 0.437 e. The molecule has 2 heterocycles. The van der Waals surface area contributed by atoms with Gasteiger partial charge in [-0.1, -0.05) is 39.0 Å². The molecule has 2 atom stereocenters. The van der Waals surface area contributed by atoms with Crippen LogP contribution < -0.4 is 9.62 Å². The summed E-state index contributed by atoms with van der Waals surface area (Å²) in [4.78, 5) is 28.1. The van der Waals surface area contributed by atoms with Crippen LogP contribution in [0, 0.1) is 12.8 Å². The molecular formula is C25H35N3O4S. The molecule has 0 fully saturated rings. The van der Waals surface area contributed by atoms with Crippen LogP contribution in [0.4, 0.5) is 5.82 Å². The fraction of sp³-hybridized carbons (Fsp3) is 0.480. The Kier molecular flexibility index (Phi) is 10.0. The lowest BCUT2D eigenvalue weighted by molar-refractivity contribution is -0.107. The van der Waals surface area contributed by atoms with Crippen LogP contribution in [0.15, 0.2) is 28.7 Å². The molecular weight excluding hydrogens is 438 g/mol. The Bertz CT molecular complexity index is 1070. The van der Waals surface area contributed by atoms with Gasteiger partial charge in [-0.25, -0.2) is 4.21 Å². The molecule has 0 saturated heterocycles. The van der Waals surface area contributed by atoms with Crippen molar-refractivity contribution in [3.63, 3.8) is 0 Å². The van der Waals surface area contributed by atoms with E-state index in [2.05, 4.69) is 29.4 Å². The molecule has 8 heteroatoms. The molecule has 0 bridgehead atoms. The monoisotopic (exact) mass is 473 g/mol. The molecule has 1 N–H and O–H groups in total. The number of nitrogens with zero attached hydrogens (tertiary/aromatic N) is 2. The number of pyridine rings is 1. The van der Waals surface area contributed by atoms with Crippen molar-refractivity contribution in [1.29, 1.82) is 0 Å². The number of furan rings is 1. The van der Waals surface area contributed by atoms with Gasteiger partial charge in [0.1, 0.15) is 28.8 Å². The van der Waals surface area contributed by atoms with Crippen LogP contribution in [-0.2, 0) is 15.8 Å². The molecule has 0 aromatic carbocycles. The van der Waals surface area contributed by atoms with Crippen LogP contribution in [-0.4, -0.2) is 41.2 Å². The Morgan fingerprint density at radius 2 is 2.12 bits per heavy atom. The van der Waals surface area contributed by atoms with E-state index in [1.165, 1.54) is 0 Å². The highest BCUT2D eigenvalue weighted by Crippen LogP contribution is 2.35. The zero-order chi connectivity index (χ0) is 24.5. The normalized spacial score (nSPS) is 16.3. The zero-order valence-corrected chi connectivity index (χ0v) is 21.3. The highest BCUT2D eigenvalue weighted by molar-refractivity contribution is 7.85. The predicted octanol–water partition coefficient (Wildman–Crippen LogP) is 4.97. The fourth-order valence-electron chi connectivity index (χ4n) is 3.70. The second-order valence-corrected chi connectivity index (χ2v) is 9.06. The molecule has 0 spiro atoms. The van der Waals surface area contributed by atoms with Gasteiger partial charge in [0.25, 0.3) is 5.91 Å². The average Bonchev–Trinajstić information content (AvgIpc) is 3.02. The smallest absolute Gasteiger partial charge is 0.255 e. The number of hydrogen-bond acceptors (Lipinski definition) is 5. The van der Waals surface area contributed by atoms with Crippen LogP contribution in [0.5, 0.6) is 0 Å². The lowest BCUT2D eigenvalue weighted by atomic mass is 10.0. The van der Waals surface area contributed by atoms with Crippen molar-refractivity contribution in [2.75, 3.05) is 24.2 Å². The van der Waals surface area contributed by atoms with Crippen molar-refractivity contribution < 1.29 is 18.2 Å². The summed E-state index contributed by atoms with van der Waals surface area (Å²) in [5, 5.41) is 3.32. The first-order chi connectivity index (χ1) is 15.9. The molecule has 0 saturated carbocycles. The number of hydrogen-bond donors (Lipinski definition) is 1. The highest BCUT2D eigenvalue weighted by Gasteiger charge is 2.26. The maximum Gasteiger partial charge on any atom is 0.255 e. The lowest BCUT2D eigenvalue weighted by Gasteiger charge is -2.21. The van der Waals surface area contributed by atoms with Crippen LogP contribution in [0.3, 0.4) is 0 Å². The summed E-state index contributed by atoms with van der Waals surface area (Å²) in [6.45, 7) is 8.46. The third-order valence-electron chi connectivity index (χ3n) is 5.38. The number of nitrogens with one attached hydrogen (secondary N) is 1. The third-order valence-corrected chi connectivity index (χ3v) is 6.36. The number of anilines is 1. The Hall–Kier alpha value is -2.74. The number of rotatable bonds is 8. The van der Waals surface area contributed by atoms with E-state index in [1.807, 2.05) is 32.9 Å². The van der Waals surface area contributed by atoms with Crippen LogP contribution in [0.1, 0.15) is 68.1 Å². The SMILES string of the molecule is CC.CNC(=O)c1c(C2=CCCC(C)C=C2)oc2nc(N(CCCC=O)S(C)=O)c(C)cc12. The van der Waals surface area contributed by atoms with Gasteiger partial charge in [-0.15, -0.1) is 0 Å². The van der Waals surface area contributed by atoms with E-state index >= 15 is 0 Å². The van der Waals surface area contributed by atoms with Crippen molar-refractivity contribution in [2.45, 2.75) is 53.4 Å². The molecule has 1 aliphatic rings. The second kappa shape index (κ2) is 12.5. The van der Waals surface area contributed by atoms with Gasteiger partial charge in [0.15, 0.2) is 0 Å². The van der Waals surface area contributed by atoms with Gasteiger partial charge in [0, 0.05) is 31.8 Å². The minimum Gasteiger partial charge on any atom is -0.437 e. The molecule has 0 aliphatic heterocycles. The molecule has 2 aromatic rings. The van der Waals surface area contributed by atoms with Crippen molar-refractivity contribution in [3.8, 4) is 0 Å². The van der Waals surface area contributed by atoms with Crippen molar-refractivity contribution in [3.05, 3.63) is 41.2 Å². The van der Waals surface area contributed by atoms with Crippen LogP contribution >= 0.6 is 0 Å². The van der Waals surface area contributed by atoms with Gasteiger partial charge < -0.3 is 14.5 Å². The summed E-state index contributed by atoms with van der Waals surface area (Å²) < 4.78 is 20.2. The van der Waals surface area contributed by atoms with Gasteiger partial charge in [-0.3, -0.25) is 9.10 Å². The number of carbonyl (C=O) groups excluding carboxylic acids is 2. The van der Waals surface area contributed by atoms with E-state index in [1.54, 1.807) is 17.6 Å². The Labute approximate surface area is 198 Å². The Morgan fingerprint density at radius 3 is 2.76 bits per heavy atom. The summed E-state index contributed by atoms with van der Waals surface area (Å²) in [5.74, 6) is 1.24. The summed E-state index contributed by atoms with van der Waals surface area (Å²) in [5.41, 5.74) is 2.43. The van der Waals surface area contributed by atoms with Gasteiger partial charge in [0.2, 0.25) is 5.71 Å². The zero-order valence-electron chi connectivity index (χ0n) is 20.4. The molecule has 1 amide bonds. The number of allylic oxidation sites excluding steroid dienone is 4. The standard InChI is InChI=1S/C23H29N3O4S.C2H6/c1-15-8-7-9-17(11-10-15)20-19(22(28)24-3)18-14-16(2)21(25-23(18)30-20)26(31(4)29)12-5-6-13-27;1-2/h9-11,13-15H,5-8,12H2,1-4H3,(H,24,28);1-2H3. The maximum atomic E-state index is 12.8. The number of amides is 1. The van der Waals surface area contributed by atoms with E-state index in [0.29, 0.717) is 53.5 Å². The summed E-state index contributed by atoms with van der Waals surface area (Å²) in [6.07, 6.45) is 11.5. The summed E-state index contributed by atoms with van der Waals surface area (Å²) >= 11 is 0. The predicted molar refractivity (Wildman–Crippen MR) is 136 cm³/mol. The van der Waals surface area contributed by atoms with Gasteiger partial charge in [-0.05, 0) is 43.7 Å². The second-order valence-electron chi connectivity index (χ2n) is 7.77. The Morgan fingerprint density at radius 1 is 1.39 bits per heavy atom. The molecule has 3 rings (SSSR count). The number of unbranched alkanes of at least 4 members (excludes halogenated alkanes) is 1. The van der Waals surface area contributed by atoms with Gasteiger partial charge >= 0.3 is 0 Å². The molecule has 0 radical (unpaired) electrons. The third kappa shape index (κ3) is 6.19. The minimum atomic E-state index is -1.32.